The fourth-order valence-electron chi connectivity index (χ4n) is 1.68. The molecule has 0 heterocycles. The summed E-state index contributed by atoms with van der Waals surface area (Å²) in [5, 5.41) is 3.33. The number of unbranched alkanes of at least 4 members (excludes halogenated alkanes) is 4. The molecule has 0 radical (unpaired) electrons. The molecule has 0 fully saturated rings. The van der Waals surface area contributed by atoms with Crippen molar-refractivity contribution in [2.24, 2.45) is 0 Å². The van der Waals surface area contributed by atoms with Gasteiger partial charge in [-0.3, -0.25) is 0 Å². The third kappa shape index (κ3) is 8.13. The molecule has 0 aromatic heterocycles. The van der Waals surface area contributed by atoms with E-state index in [-0.39, 0.29) is 0 Å². The second-order valence-corrected chi connectivity index (χ2v) is 3.93. The number of hydrogen-bond donors (Lipinski definition) is 1. The monoisotopic (exact) mass is 195 g/mol. The first-order valence-corrected chi connectivity index (χ1v) is 5.95. The maximum atomic E-state index is 5.25. The highest BCUT2D eigenvalue weighted by Crippen LogP contribution is 2.09. The first-order valence-electron chi connectivity index (χ1n) is 5.95. The van der Waals surface area contributed by atoms with Crippen LogP contribution in [0.15, 0.2) is 0 Å². The Labute approximate surface area is 89.7 Å². The summed E-state index contributed by atoms with van der Waals surface area (Å²) in [5.41, 5.74) is 0. The van der Waals surface area contributed by atoms with Crippen molar-refractivity contribution in [1.29, 1.82) is 0 Å². The van der Waals surface area contributed by atoms with E-state index in [0.717, 1.165) is 12.8 Å². The van der Waals surface area contributed by atoms with Crippen molar-refractivity contribution < 1.29 is 0 Å². The average Bonchev–Trinajstić information content (AvgIpc) is 2.22. The summed E-state index contributed by atoms with van der Waals surface area (Å²) < 4.78 is 0. The van der Waals surface area contributed by atoms with E-state index in [2.05, 4.69) is 18.2 Å². The highest BCUT2D eigenvalue weighted by molar-refractivity contribution is 4.85. The maximum absolute atomic E-state index is 5.25. The van der Waals surface area contributed by atoms with Gasteiger partial charge in [0.1, 0.15) is 0 Å². The summed E-state index contributed by atoms with van der Waals surface area (Å²) in [7, 11) is 2.03. The molecule has 1 unspecified atom stereocenters. The molecule has 1 nitrogen and oxygen atoms in total. The molecule has 1 atom stereocenters. The average molecular weight is 195 g/mol. The number of terminal acetylenes is 1. The Morgan fingerprint density at radius 1 is 1.14 bits per heavy atom. The smallest absolute Gasteiger partial charge is 0.0101 e. The van der Waals surface area contributed by atoms with Crippen LogP contribution in [0.5, 0.6) is 0 Å². The Kier molecular flexibility index (Phi) is 10.2. The van der Waals surface area contributed by atoms with Crippen LogP contribution in [0.3, 0.4) is 0 Å². The van der Waals surface area contributed by atoms with E-state index in [1.807, 2.05) is 7.05 Å². The summed E-state index contributed by atoms with van der Waals surface area (Å²) in [6, 6.07) is 0.632. The predicted molar refractivity (Wildman–Crippen MR) is 64.3 cm³/mol. The van der Waals surface area contributed by atoms with Crippen molar-refractivity contribution in [2.75, 3.05) is 7.05 Å². The van der Waals surface area contributed by atoms with Crippen LogP contribution in [0.4, 0.5) is 0 Å². The van der Waals surface area contributed by atoms with Crippen molar-refractivity contribution in [2.45, 2.75) is 64.3 Å². The van der Waals surface area contributed by atoms with Gasteiger partial charge < -0.3 is 5.32 Å². The van der Waals surface area contributed by atoms with Crippen molar-refractivity contribution in [3.8, 4) is 12.3 Å². The Morgan fingerprint density at radius 3 is 2.43 bits per heavy atom. The van der Waals surface area contributed by atoms with Gasteiger partial charge in [0.2, 0.25) is 0 Å². The van der Waals surface area contributed by atoms with E-state index in [1.54, 1.807) is 0 Å². The molecule has 0 amide bonds. The van der Waals surface area contributed by atoms with Gasteiger partial charge in [0, 0.05) is 12.5 Å². The van der Waals surface area contributed by atoms with E-state index in [9.17, 15) is 0 Å². The van der Waals surface area contributed by atoms with Crippen LogP contribution in [0.25, 0.3) is 0 Å². The van der Waals surface area contributed by atoms with Gasteiger partial charge in [0.25, 0.3) is 0 Å². The molecule has 0 aliphatic rings. The summed E-state index contributed by atoms with van der Waals surface area (Å²) in [5.74, 6) is 2.70. The van der Waals surface area contributed by atoms with Gasteiger partial charge in [0.15, 0.2) is 0 Å². The number of hydrogen-bond acceptors (Lipinski definition) is 1. The number of rotatable bonds is 9. The van der Waals surface area contributed by atoms with E-state index >= 15 is 0 Å². The van der Waals surface area contributed by atoms with Crippen LogP contribution in [-0.4, -0.2) is 13.1 Å². The second kappa shape index (κ2) is 10.6. The zero-order valence-electron chi connectivity index (χ0n) is 9.81. The van der Waals surface area contributed by atoms with Gasteiger partial charge in [-0.2, -0.15) is 0 Å². The third-order valence-corrected chi connectivity index (χ3v) is 2.70. The molecule has 1 heteroatoms. The van der Waals surface area contributed by atoms with Crippen LogP contribution >= 0.6 is 0 Å². The van der Waals surface area contributed by atoms with Gasteiger partial charge in [-0.15, -0.1) is 12.3 Å². The van der Waals surface area contributed by atoms with Crippen LogP contribution in [0.2, 0.25) is 0 Å². The predicted octanol–water partition coefficient (Wildman–Crippen LogP) is 3.35. The van der Waals surface area contributed by atoms with E-state index in [1.165, 1.54) is 38.5 Å². The molecule has 0 rings (SSSR count). The largest absolute Gasteiger partial charge is 0.317 e. The van der Waals surface area contributed by atoms with Crippen LogP contribution < -0.4 is 5.32 Å². The van der Waals surface area contributed by atoms with Gasteiger partial charge in [-0.05, 0) is 19.9 Å². The second-order valence-electron chi connectivity index (χ2n) is 3.93. The van der Waals surface area contributed by atoms with Crippen molar-refractivity contribution >= 4 is 0 Å². The normalized spacial score (nSPS) is 12.4. The fraction of sp³-hybridized carbons (Fsp3) is 0.846. The zero-order chi connectivity index (χ0) is 10.6. The molecule has 0 aliphatic heterocycles. The molecule has 14 heavy (non-hydrogen) atoms. The van der Waals surface area contributed by atoms with E-state index < -0.39 is 0 Å². The lowest BCUT2D eigenvalue weighted by molar-refractivity contribution is 0.464. The van der Waals surface area contributed by atoms with Gasteiger partial charge >= 0.3 is 0 Å². The quantitative estimate of drug-likeness (QED) is 0.439. The van der Waals surface area contributed by atoms with Crippen LogP contribution in [-0.2, 0) is 0 Å². The zero-order valence-corrected chi connectivity index (χ0v) is 9.81. The Balaban J connectivity index is 3.29. The van der Waals surface area contributed by atoms with Gasteiger partial charge in [0.05, 0.1) is 0 Å². The first kappa shape index (κ1) is 13.5. The number of nitrogens with one attached hydrogen (secondary N) is 1. The summed E-state index contributed by atoms with van der Waals surface area (Å²) in [4.78, 5) is 0. The van der Waals surface area contributed by atoms with E-state index in [0.29, 0.717) is 6.04 Å². The lowest BCUT2D eigenvalue weighted by atomic mass is 10.0. The minimum Gasteiger partial charge on any atom is -0.317 e. The van der Waals surface area contributed by atoms with Crippen LogP contribution in [0.1, 0.15) is 58.3 Å². The molecule has 0 saturated carbocycles. The maximum Gasteiger partial charge on any atom is 0.0101 e. The molecule has 0 aliphatic carbocycles. The first-order chi connectivity index (χ1) is 6.85. The molecule has 0 spiro atoms. The van der Waals surface area contributed by atoms with Crippen LogP contribution in [0, 0.1) is 12.3 Å². The minimum absolute atomic E-state index is 0.632. The van der Waals surface area contributed by atoms with Gasteiger partial charge in [-0.25, -0.2) is 0 Å². The Morgan fingerprint density at radius 2 is 1.86 bits per heavy atom. The molecule has 0 saturated heterocycles. The Bertz CT molecular complexity index is 146. The molecule has 1 N–H and O–H groups in total. The molecule has 82 valence electrons. The molecular weight excluding hydrogens is 170 g/mol. The third-order valence-electron chi connectivity index (χ3n) is 2.70. The van der Waals surface area contributed by atoms with Gasteiger partial charge in [-0.1, -0.05) is 39.0 Å². The summed E-state index contributed by atoms with van der Waals surface area (Å²) >= 11 is 0. The highest BCUT2D eigenvalue weighted by atomic mass is 14.9. The SMILES string of the molecule is C#CCCC(CCCCCCC)NC. The standard InChI is InChI=1S/C13H25N/c1-4-6-8-9-10-12-13(14-3)11-7-5-2/h2,13-14H,4,6-12H2,1,3H3. The molecule has 0 bridgehead atoms. The minimum atomic E-state index is 0.632. The summed E-state index contributed by atoms with van der Waals surface area (Å²) in [6.07, 6.45) is 15.4. The molecular formula is C13H25N. The lowest BCUT2D eigenvalue weighted by Gasteiger charge is -2.14. The molecule has 0 aromatic rings. The Hall–Kier alpha value is -0.480. The van der Waals surface area contributed by atoms with Crippen molar-refractivity contribution in [3.63, 3.8) is 0 Å². The topological polar surface area (TPSA) is 12.0 Å². The fourth-order valence-corrected chi connectivity index (χ4v) is 1.68. The van der Waals surface area contributed by atoms with E-state index in [4.69, 9.17) is 6.42 Å². The summed E-state index contributed by atoms with van der Waals surface area (Å²) in [6.45, 7) is 2.25. The molecule has 0 aromatic carbocycles. The highest BCUT2D eigenvalue weighted by Gasteiger charge is 2.03. The van der Waals surface area contributed by atoms with Crippen molar-refractivity contribution in [1.82, 2.24) is 5.32 Å². The lowest BCUT2D eigenvalue weighted by Crippen LogP contribution is -2.24. The van der Waals surface area contributed by atoms with Crippen molar-refractivity contribution in [3.05, 3.63) is 0 Å².